The minimum Gasteiger partial charge on any atom is -0.384 e. The van der Waals surface area contributed by atoms with Gasteiger partial charge in [-0.25, -0.2) is 8.42 Å². The molecule has 0 aliphatic heterocycles. The van der Waals surface area contributed by atoms with Crippen LogP contribution in [0.25, 0.3) is 0 Å². The van der Waals surface area contributed by atoms with Crippen molar-refractivity contribution in [3.8, 4) is 0 Å². The Morgan fingerprint density at radius 3 is 2.65 bits per heavy atom. The van der Waals surface area contributed by atoms with Gasteiger partial charge in [-0.1, -0.05) is 24.6 Å². The van der Waals surface area contributed by atoms with Gasteiger partial charge in [-0.05, 0) is 31.0 Å². The Bertz CT molecular complexity index is 471. The standard InChI is InChI=1S/C12H18ClNO2S/c1-3-8-17(15,16)9-7-14-12-6-4-5-11(13)10(12)2/h4-6,14H,3,7-9H2,1-2H3. The van der Waals surface area contributed by atoms with Gasteiger partial charge in [0, 0.05) is 23.0 Å². The van der Waals surface area contributed by atoms with E-state index in [9.17, 15) is 8.42 Å². The van der Waals surface area contributed by atoms with E-state index >= 15 is 0 Å². The Labute approximate surface area is 108 Å². The van der Waals surface area contributed by atoms with Crippen molar-refractivity contribution >= 4 is 27.1 Å². The molecule has 1 aromatic rings. The molecule has 0 radical (unpaired) electrons. The van der Waals surface area contributed by atoms with Crippen molar-refractivity contribution in [3.05, 3.63) is 28.8 Å². The van der Waals surface area contributed by atoms with Gasteiger partial charge >= 0.3 is 0 Å². The molecule has 1 rings (SSSR count). The average Bonchev–Trinajstić information content (AvgIpc) is 2.24. The summed E-state index contributed by atoms with van der Waals surface area (Å²) in [6, 6.07) is 5.56. The summed E-state index contributed by atoms with van der Waals surface area (Å²) >= 11 is 5.97. The SMILES string of the molecule is CCCS(=O)(=O)CCNc1cccc(Cl)c1C. The second kappa shape index (κ2) is 6.26. The maximum Gasteiger partial charge on any atom is 0.152 e. The van der Waals surface area contributed by atoms with Crippen LogP contribution >= 0.6 is 11.6 Å². The van der Waals surface area contributed by atoms with Crippen molar-refractivity contribution in [1.82, 2.24) is 0 Å². The second-order valence-electron chi connectivity index (χ2n) is 3.99. The van der Waals surface area contributed by atoms with E-state index in [0.29, 0.717) is 18.0 Å². The van der Waals surface area contributed by atoms with Crippen LogP contribution in [0.15, 0.2) is 18.2 Å². The topological polar surface area (TPSA) is 46.2 Å². The smallest absolute Gasteiger partial charge is 0.152 e. The molecule has 96 valence electrons. The van der Waals surface area contributed by atoms with Gasteiger partial charge in [0.2, 0.25) is 0 Å². The van der Waals surface area contributed by atoms with Crippen molar-refractivity contribution in [2.45, 2.75) is 20.3 Å². The molecule has 0 unspecified atom stereocenters. The van der Waals surface area contributed by atoms with Crippen molar-refractivity contribution in [1.29, 1.82) is 0 Å². The number of hydrogen-bond donors (Lipinski definition) is 1. The predicted octanol–water partition coefficient (Wildman–Crippen LogP) is 2.89. The van der Waals surface area contributed by atoms with Gasteiger partial charge in [0.25, 0.3) is 0 Å². The van der Waals surface area contributed by atoms with E-state index in [2.05, 4.69) is 5.32 Å². The van der Waals surface area contributed by atoms with Gasteiger partial charge in [0.1, 0.15) is 0 Å². The van der Waals surface area contributed by atoms with Gasteiger partial charge in [0.05, 0.1) is 5.75 Å². The van der Waals surface area contributed by atoms with Gasteiger partial charge in [-0.3, -0.25) is 0 Å². The number of hydrogen-bond acceptors (Lipinski definition) is 3. The molecule has 0 saturated carbocycles. The van der Waals surface area contributed by atoms with Crippen LogP contribution in [0.2, 0.25) is 5.02 Å². The van der Waals surface area contributed by atoms with E-state index in [0.717, 1.165) is 11.3 Å². The molecular weight excluding hydrogens is 258 g/mol. The summed E-state index contributed by atoms with van der Waals surface area (Å²) in [5, 5.41) is 3.79. The number of sulfone groups is 1. The lowest BCUT2D eigenvalue weighted by molar-refractivity contribution is 0.595. The highest BCUT2D eigenvalue weighted by atomic mass is 35.5. The van der Waals surface area contributed by atoms with Gasteiger partial charge in [-0.15, -0.1) is 0 Å². The van der Waals surface area contributed by atoms with Crippen LogP contribution in [0, 0.1) is 6.92 Å². The normalized spacial score (nSPS) is 11.5. The van der Waals surface area contributed by atoms with E-state index < -0.39 is 9.84 Å². The Morgan fingerprint density at radius 1 is 1.29 bits per heavy atom. The lowest BCUT2D eigenvalue weighted by atomic mass is 10.2. The Morgan fingerprint density at radius 2 is 2.00 bits per heavy atom. The van der Waals surface area contributed by atoms with Gasteiger partial charge in [-0.2, -0.15) is 0 Å². The molecule has 0 aliphatic carbocycles. The number of rotatable bonds is 6. The maximum atomic E-state index is 11.5. The van der Waals surface area contributed by atoms with Gasteiger partial charge in [0.15, 0.2) is 9.84 Å². The number of benzene rings is 1. The maximum absolute atomic E-state index is 11.5. The van der Waals surface area contributed by atoms with Crippen LogP contribution in [0.3, 0.4) is 0 Å². The summed E-state index contributed by atoms with van der Waals surface area (Å²) in [5.74, 6) is 0.413. The molecule has 17 heavy (non-hydrogen) atoms. The molecule has 0 aromatic heterocycles. The predicted molar refractivity (Wildman–Crippen MR) is 73.6 cm³/mol. The van der Waals surface area contributed by atoms with Crippen molar-refractivity contribution < 1.29 is 8.42 Å². The van der Waals surface area contributed by atoms with Gasteiger partial charge < -0.3 is 5.32 Å². The first-order chi connectivity index (χ1) is 7.96. The zero-order valence-electron chi connectivity index (χ0n) is 10.2. The molecule has 1 N–H and O–H groups in total. The molecule has 0 atom stereocenters. The highest BCUT2D eigenvalue weighted by molar-refractivity contribution is 7.91. The second-order valence-corrected chi connectivity index (χ2v) is 6.70. The number of halogens is 1. The zero-order valence-corrected chi connectivity index (χ0v) is 11.7. The van der Waals surface area contributed by atoms with E-state index in [-0.39, 0.29) is 11.5 Å². The molecule has 1 aromatic carbocycles. The first-order valence-electron chi connectivity index (χ1n) is 5.65. The minimum atomic E-state index is -2.92. The molecule has 0 heterocycles. The van der Waals surface area contributed by atoms with Crippen LogP contribution in [-0.4, -0.2) is 26.5 Å². The number of nitrogens with one attached hydrogen (secondary N) is 1. The zero-order chi connectivity index (χ0) is 12.9. The van der Waals surface area contributed by atoms with Crippen molar-refractivity contribution in [3.63, 3.8) is 0 Å². The molecule has 0 fully saturated rings. The van der Waals surface area contributed by atoms with Crippen LogP contribution in [0.5, 0.6) is 0 Å². The molecule has 0 saturated heterocycles. The third-order valence-electron chi connectivity index (χ3n) is 2.51. The fourth-order valence-corrected chi connectivity index (χ4v) is 2.97. The fourth-order valence-electron chi connectivity index (χ4n) is 1.55. The van der Waals surface area contributed by atoms with Crippen molar-refractivity contribution in [2.75, 3.05) is 23.4 Å². The van der Waals surface area contributed by atoms with Crippen LogP contribution < -0.4 is 5.32 Å². The highest BCUT2D eigenvalue weighted by Gasteiger charge is 2.09. The molecule has 0 spiro atoms. The summed E-state index contributed by atoms with van der Waals surface area (Å²) in [6.45, 7) is 4.20. The summed E-state index contributed by atoms with van der Waals surface area (Å²) < 4.78 is 23.0. The molecule has 0 bridgehead atoms. The first kappa shape index (κ1) is 14.3. The monoisotopic (exact) mass is 275 g/mol. The summed E-state index contributed by atoms with van der Waals surface area (Å²) in [4.78, 5) is 0. The molecular formula is C12H18ClNO2S. The largest absolute Gasteiger partial charge is 0.384 e. The van der Waals surface area contributed by atoms with Crippen LogP contribution in [-0.2, 0) is 9.84 Å². The van der Waals surface area contributed by atoms with Crippen LogP contribution in [0.1, 0.15) is 18.9 Å². The quantitative estimate of drug-likeness (QED) is 0.868. The van der Waals surface area contributed by atoms with Crippen molar-refractivity contribution in [2.24, 2.45) is 0 Å². The van der Waals surface area contributed by atoms with E-state index in [1.165, 1.54) is 0 Å². The van der Waals surface area contributed by atoms with E-state index in [1.807, 2.05) is 32.0 Å². The summed E-state index contributed by atoms with van der Waals surface area (Å²) in [5.41, 5.74) is 1.84. The van der Waals surface area contributed by atoms with E-state index in [4.69, 9.17) is 11.6 Å². The third kappa shape index (κ3) is 4.56. The lowest BCUT2D eigenvalue weighted by Gasteiger charge is -2.10. The summed E-state index contributed by atoms with van der Waals surface area (Å²) in [7, 11) is -2.92. The Hall–Kier alpha value is -0.740. The lowest BCUT2D eigenvalue weighted by Crippen LogP contribution is -2.18. The Balaban J connectivity index is 2.55. The average molecular weight is 276 g/mol. The third-order valence-corrected chi connectivity index (χ3v) is 4.78. The molecule has 5 heteroatoms. The minimum absolute atomic E-state index is 0.160. The molecule has 3 nitrogen and oxygen atoms in total. The fraction of sp³-hybridized carbons (Fsp3) is 0.500. The van der Waals surface area contributed by atoms with E-state index in [1.54, 1.807) is 0 Å². The molecule has 0 amide bonds. The highest BCUT2D eigenvalue weighted by Crippen LogP contribution is 2.22. The molecule has 0 aliphatic rings. The first-order valence-corrected chi connectivity index (χ1v) is 7.85. The Kier molecular flexibility index (Phi) is 5.28. The summed E-state index contributed by atoms with van der Waals surface area (Å²) in [6.07, 6.45) is 0.665. The van der Waals surface area contributed by atoms with Crippen LogP contribution in [0.4, 0.5) is 5.69 Å². The number of anilines is 1.